The molecule has 14 heavy (non-hydrogen) atoms. The number of Topliss-reactive ketones (excluding diaryl/α,β-unsaturated/α-hetero) is 1. The fraction of sp³-hybridized carbons (Fsp3) is 0.455. The van der Waals surface area contributed by atoms with Gasteiger partial charge in [-0.05, 0) is 19.3 Å². The third-order valence-electron chi connectivity index (χ3n) is 2.07. The molecule has 1 atom stereocenters. The summed E-state index contributed by atoms with van der Waals surface area (Å²) in [5.41, 5.74) is 0.657. The van der Waals surface area contributed by atoms with Crippen molar-refractivity contribution >= 4 is 11.7 Å². The van der Waals surface area contributed by atoms with E-state index in [0.29, 0.717) is 11.5 Å². The first kappa shape index (κ1) is 10.7. The van der Waals surface area contributed by atoms with Crippen molar-refractivity contribution in [2.75, 3.05) is 6.54 Å². The zero-order valence-electron chi connectivity index (χ0n) is 8.54. The summed E-state index contributed by atoms with van der Waals surface area (Å²) in [6.45, 7) is 3.66. The summed E-state index contributed by atoms with van der Waals surface area (Å²) < 4.78 is 0. The van der Waals surface area contributed by atoms with Gasteiger partial charge in [-0.3, -0.25) is 9.59 Å². The Kier molecular flexibility index (Phi) is 3.63. The Morgan fingerprint density at radius 1 is 1.57 bits per heavy atom. The van der Waals surface area contributed by atoms with Crippen LogP contribution in [0, 0.1) is 5.92 Å². The first-order valence-electron chi connectivity index (χ1n) is 4.75. The number of ketones is 1. The van der Waals surface area contributed by atoms with E-state index >= 15 is 0 Å². The van der Waals surface area contributed by atoms with E-state index in [1.165, 1.54) is 6.92 Å². The zero-order chi connectivity index (χ0) is 10.6. The molecule has 1 aliphatic carbocycles. The number of hydrogen-bond acceptors (Lipinski definition) is 2. The third-order valence-corrected chi connectivity index (χ3v) is 2.07. The fourth-order valence-electron chi connectivity index (χ4n) is 1.20. The average molecular weight is 193 g/mol. The van der Waals surface area contributed by atoms with Crippen LogP contribution in [0.1, 0.15) is 20.3 Å². The number of carbonyl (C=O) groups excluding carboxylic acids is 2. The molecule has 3 heteroatoms. The van der Waals surface area contributed by atoms with E-state index in [0.717, 1.165) is 6.42 Å². The van der Waals surface area contributed by atoms with Crippen molar-refractivity contribution in [2.24, 2.45) is 5.92 Å². The highest BCUT2D eigenvalue weighted by atomic mass is 16.2. The highest BCUT2D eigenvalue weighted by molar-refractivity contribution is 5.98. The van der Waals surface area contributed by atoms with Gasteiger partial charge in [0, 0.05) is 5.57 Å². The van der Waals surface area contributed by atoms with Crippen molar-refractivity contribution in [1.82, 2.24) is 5.32 Å². The minimum absolute atomic E-state index is 0.0351. The van der Waals surface area contributed by atoms with Gasteiger partial charge in [-0.1, -0.05) is 25.2 Å². The summed E-state index contributed by atoms with van der Waals surface area (Å²) in [5, 5.41) is 2.56. The van der Waals surface area contributed by atoms with Crippen LogP contribution in [0.2, 0.25) is 0 Å². The molecular weight excluding hydrogens is 178 g/mol. The van der Waals surface area contributed by atoms with Crippen molar-refractivity contribution in [3.63, 3.8) is 0 Å². The van der Waals surface area contributed by atoms with Crippen LogP contribution in [-0.2, 0) is 9.59 Å². The van der Waals surface area contributed by atoms with Gasteiger partial charge in [-0.25, -0.2) is 0 Å². The molecular formula is C11H15NO2. The molecule has 76 valence electrons. The Bertz CT molecular complexity index is 302. The molecule has 0 aliphatic heterocycles. The normalized spacial score (nSPS) is 20.1. The summed E-state index contributed by atoms with van der Waals surface area (Å²) in [5.74, 6) is 0.301. The second-order valence-corrected chi connectivity index (χ2v) is 3.62. The summed E-state index contributed by atoms with van der Waals surface area (Å²) >= 11 is 0. The van der Waals surface area contributed by atoms with E-state index < -0.39 is 0 Å². The molecule has 0 saturated carbocycles. The number of rotatable bonds is 3. The molecule has 1 unspecified atom stereocenters. The van der Waals surface area contributed by atoms with E-state index in [-0.39, 0.29) is 18.2 Å². The molecule has 3 nitrogen and oxygen atoms in total. The van der Waals surface area contributed by atoms with Gasteiger partial charge in [0.2, 0.25) is 0 Å². The van der Waals surface area contributed by atoms with Crippen molar-refractivity contribution < 1.29 is 9.59 Å². The van der Waals surface area contributed by atoms with E-state index in [9.17, 15) is 9.59 Å². The second kappa shape index (κ2) is 4.74. The van der Waals surface area contributed by atoms with Gasteiger partial charge in [0.15, 0.2) is 0 Å². The molecule has 0 bridgehead atoms. The minimum atomic E-state index is -0.164. The van der Waals surface area contributed by atoms with Crippen LogP contribution in [0.25, 0.3) is 0 Å². The summed E-state index contributed by atoms with van der Waals surface area (Å²) in [7, 11) is 0. The first-order chi connectivity index (χ1) is 6.59. The average Bonchev–Trinajstić information content (AvgIpc) is 2.15. The molecule has 0 aromatic heterocycles. The summed E-state index contributed by atoms with van der Waals surface area (Å²) in [4.78, 5) is 22.1. The van der Waals surface area contributed by atoms with Gasteiger partial charge < -0.3 is 5.32 Å². The van der Waals surface area contributed by atoms with Crippen LogP contribution >= 0.6 is 0 Å². The lowest BCUT2D eigenvalue weighted by atomic mass is 9.98. The van der Waals surface area contributed by atoms with E-state index in [4.69, 9.17) is 0 Å². The number of allylic oxidation sites excluding steroid dienone is 2. The fourth-order valence-corrected chi connectivity index (χ4v) is 1.20. The maximum atomic E-state index is 11.4. The Balaban J connectivity index is 2.46. The quantitative estimate of drug-likeness (QED) is 0.732. The molecule has 0 aromatic rings. The Morgan fingerprint density at radius 3 is 2.79 bits per heavy atom. The molecule has 1 rings (SSSR count). The number of nitrogens with one attached hydrogen (secondary N) is 1. The lowest BCUT2D eigenvalue weighted by molar-refractivity contribution is -0.121. The predicted molar refractivity (Wildman–Crippen MR) is 54.7 cm³/mol. The van der Waals surface area contributed by atoms with Gasteiger partial charge in [0.1, 0.15) is 5.78 Å². The van der Waals surface area contributed by atoms with Crippen LogP contribution in [-0.4, -0.2) is 18.2 Å². The standard InChI is InChI=1S/C11H15NO2/c1-8-3-5-10(6-4-8)11(14)12-7-9(2)13/h3,5-6,8H,4,7H2,1-2H3,(H,12,14). The van der Waals surface area contributed by atoms with Crippen LogP contribution in [0.4, 0.5) is 0 Å². The maximum absolute atomic E-state index is 11.4. The molecule has 0 aromatic carbocycles. The van der Waals surface area contributed by atoms with E-state index in [2.05, 4.69) is 12.2 Å². The van der Waals surface area contributed by atoms with Crippen molar-refractivity contribution in [3.05, 3.63) is 23.8 Å². The topological polar surface area (TPSA) is 46.2 Å². The van der Waals surface area contributed by atoms with Gasteiger partial charge in [0.05, 0.1) is 6.54 Å². The van der Waals surface area contributed by atoms with Crippen molar-refractivity contribution in [1.29, 1.82) is 0 Å². The molecule has 1 aliphatic rings. The van der Waals surface area contributed by atoms with Crippen LogP contribution in [0.15, 0.2) is 23.8 Å². The third kappa shape index (κ3) is 3.17. The lowest BCUT2D eigenvalue weighted by Crippen LogP contribution is -2.29. The molecule has 0 spiro atoms. The van der Waals surface area contributed by atoms with Crippen LogP contribution in [0.3, 0.4) is 0 Å². The molecule has 0 radical (unpaired) electrons. The van der Waals surface area contributed by atoms with Crippen LogP contribution in [0.5, 0.6) is 0 Å². The van der Waals surface area contributed by atoms with Crippen LogP contribution < -0.4 is 5.32 Å². The Morgan fingerprint density at radius 2 is 2.29 bits per heavy atom. The monoisotopic (exact) mass is 193 g/mol. The number of amides is 1. The zero-order valence-corrected chi connectivity index (χ0v) is 8.54. The minimum Gasteiger partial charge on any atom is -0.345 e. The lowest BCUT2D eigenvalue weighted by Gasteiger charge is -2.11. The number of carbonyl (C=O) groups is 2. The van der Waals surface area contributed by atoms with Crippen molar-refractivity contribution in [2.45, 2.75) is 20.3 Å². The van der Waals surface area contributed by atoms with E-state index in [1.54, 1.807) is 0 Å². The predicted octanol–water partition coefficient (Wildman–Crippen LogP) is 1.21. The summed E-state index contributed by atoms with van der Waals surface area (Å²) in [6.07, 6.45) is 6.60. The smallest absolute Gasteiger partial charge is 0.251 e. The van der Waals surface area contributed by atoms with E-state index in [1.807, 2.05) is 18.2 Å². The molecule has 1 amide bonds. The number of hydrogen-bond donors (Lipinski definition) is 1. The molecule has 1 N–H and O–H groups in total. The molecule has 0 fully saturated rings. The van der Waals surface area contributed by atoms with Gasteiger partial charge >= 0.3 is 0 Å². The SMILES string of the molecule is CC(=O)CNC(=O)C1=CCC(C)C=C1. The largest absolute Gasteiger partial charge is 0.345 e. The van der Waals surface area contributed by atoms with Gasteiger partial charge in [0.25, 0.3) is 5.91 Å². The summed E-state index contributed by atoms with van der Waals surface area (Å²) in [6, 6.07) is 0. The first-order valence-corrected chi connectivity index (χ1v) is 4.75. The maximum Gasteiger partial charge on any atom is 0.251 e. The molecule has 0 heterocycles. The van der Waals surface area contributed by atoms with Gasteiger partial charge in [-0.2, -0.15) is 0 Å². The Hall–Kier alpha value is -1.38. The van der Waals surface area contributed by atoms with Crippen molar-refractivity contribution in [3.8, 4) is 0 Å². The highest BCUT2D eigenvalue weighted by Gasteiger charge is 2.10. The second-order valence-electron chi connectivity index (χ2n) is 3.62. The highest BCUT2D eigenvalue weighted by Crippen LogP contribution is 2.15. The Labute approximate surface area is 83.9 Å². The van der Waals surface area contributed by atoms with Gasteiger partial charge in [-0.15, -0.1) is 0 Å². The molecule has 0 saturated heterocycles.